The van der Waals surface area contributed by atoms with Gasteiger partial charge in [0.15, 0.2) is 0 Å². The van der Waals surface area contributed by atoms with Crippen molar-refractivity contribution >= 4 is 8.60 Å². The van der Waals surface area contributed by atoms with Gasteiger partial charge < -0.3 is 23.5 Å². The quantitative estimate of drug-likeness (QED) is 0.252. The van der Waals surface area contributed by atoms with E-state index in [2.05, 4.69) is 28.1 Å². The number of hydrogen-bond acceptors (Lipinski definition) is 4. The molecule has 0 heterocycles. The smallest absolute Gasteiger partial charge is 0.329 e. The van der Waals surface area contributed by atoms with E-state index in [1.807, 2.05) is 0 Å². The monoisotopic (exact) mass is 352 g/mol. The average Bonchev–Trinajstić information content (AvgIpc) is 2.46. The molecule has 23 heavy (non-hydrogen) atoms. The topological polar surface area (TPSA) is 58.9 Å². The van der Waals surface area contributed by atoms with Gasteiger partial charge in [0, 0.05) is 0 Å². The summed E-state index contributed by atoms with van der Waals surface area (Å²) in [6.45, 7) is 4.28. The summed E-state index contributed by atoms with van der Waals surface area (Å²) in [4.78, 5) is 9.63. The average molecular weight is 352 g/mol. The maximum absolute atomic E-state index is 9.83. The van der Waals surface area contributed by atoms with Crippen LogP contribution in [0.5, 0.6) is 0 Å². The summed E-state index contributed by atoms with van der Waals surface area (Å²) in [7, 11) is 4.74. The molecule has 0 aliphatic rings. The van der Waals surface area contributed by atoms with Gasteiger partial charge >= 0.3 is 8.60 Å². The molecule has 2 unspecified atom stereocenters. The summed E-state index contributed by atoms with van der Waals surface area (Å²) in [6, 6.07) is 0. The van der Waals surface area contributed by atoms with Gasteiger partial charge in [-0.15, -0.1) is 0 Å². The summed E-state index contributed by atoms with van der Waals surface area (Å²) in [5.41, 5.74) is 0. The predicted molar refractivity (Wildman–Crippen MR) is 97.2 cm³/mol. The predicted octanol–water partition coefficient (Wildman–Crippen LogP) is 3.84. The van der Waals surface area contributed by atoms with Crippen LogP contribution >= 0.6 is 8.60 Å². The molecule has 6 heteroatoms. The fraction of sp³-hybridized carbons (Fsp3) is 1.00. The van der Waals surface area contributed by atoms with Gasteiger partial charge in [-0.1, -0.05) is 32.6 Å². The third-order valence-corrected chi connectivity index (χ3v) is 4.51. The fourth-order valence-electron chi connectivity index (χ4n) is 2.28. The van der Waals surface area contributed by atoms with Crippen molar-refractivity contribution in [1.82, 2.24) is 0 Å². The Kier molecular flexibility index (Phi) is 14.7. The van der Waals surface area contributed by atoms with Crippen LogP contribution in [0.15, 0.2) is 0 Å². The summed E-state index contributed by atoms with van der Waals surface area (Å²) in [5, 5.41) is 9.83. The van der Waals surface area contributed by atoms with Gasteiger partial charge in [0.1, 0.15) is 0 Å². The molecule has 0 aliphatic heterocycles. The van der Waals surface area contributed by atoms with Crippen LogP contribution in [0.2, 0.25) is 0 Å². The number of aliphatic hydroxyl groups is 1. The number of quaternary nitrogens is 1. The van der Waals surface area contributed by atoms with Crippen molar-refractivity contribution in [2.24, 2.45) is 0 Å². The lowest BCUT2D eigenvalue weighted by atomic mass is 10.1. The molecular formula is C17H39NO4P+. The molecule has 0 saturated carbocycles. The Hall–Kier alpha value is 0.230. The van der Waals surface area contributed by atoms with Crippen molar-refractivity contribution in [2.75, 3.05) is 40.9 Å². The van der Waals surface area contributed by atoms with Crippen LogP contribution in [-0.2, 0) is 9.05 Å². The Bertz CT molecular complexity index is 261. The molecule has 0 bridgehead atoms. The first-order valence-electron chi connectivity index (χ1n) is 9.08. The second-order valence-corrected chi connectivity index (χ2v) is 8.26. The Morgan fingerprint density at radius 1 is 0.870 bits per heavy atom. The number of aliphatic hydroxyl groups excluding tert-OH is 1. The number of nitrogens with zero attached hydrogens (tertiary/aromatic N) is 1. The van der Waals surface area contributed by atoms with Crippen LogP contribution in [0.3, 0.4) is 0 Å². The lowest BCUT2D eigenvalue weighted by Gasteiger charge is -2.23. The van der Waals surface area contributed by atoms with Crippen molar-refractivity contribution < 1.29 is 23.5 Å². The molecule has 0 aromatic heterocycles. The van der Waals surface area contributed by atoms with E-state index in [9.17, 15) is 10.00 Å². The van der Waals surface area contributed by atoms with Gasteiger partial charge in [-0.05, 0) is 32.1 Å². The normalized spacial score (nSPS) is 14.9. The summed E-state index contributed by atoms with van der Waals surface area (Å²) < 4.78 is 11.5. The molecule has 0 aromatic rings. The van der Waals surface area contributed by atoms with E-state index in [1.54, 1.807) is 0 Å². The largest absolute Gasteiger partial charge is 0.393 e. The van der Waals surface area contributed by atoms with Gasteiger partial charge in [-0.2, -0.15) is 0 Å². The summed E-state index contributed by atoms with van der Waals surface area (Å²) >= 11 is 0. The van der Waals surface area contributed by atoms with E-state index in [0.717, 1.165) is 49.6 Å². The van der Waals surface area contributed by atoms with Gasteiger partial charge in [-0.3, -0.25) is 0 Å². The Labute approximate surface area is 144 Å². The molecule has 5 nitrogen and oxygen atoms in total. The van der Waals surface area contributed by atoms with Crippen molar-refractivity contribution in [3.63, 3.8) is 0 Å². The first kappa shape index (κ1) is 23.2. The molecule has 0 spiro atoms. The first-order chi connectivity index (χ1) is 10.8. The van der Waals surface area contributed by atoms with Crippen molar-refractivity contribution in [3.05, 3.63) is 0 Å². The molecule has 0 saturated heterocycles. The van der Waals surface area contributed by atoms with Gasteiger partial charge in [0.2, 0.25) is 0 Å². The lowest BCUT2D eigenvalue weighted by molar-refractivity contribution is -0.870. The minimum atomic E-state index is -1.76. The highest BCUT2D eigenvalue weighted by Gasteiger charge is 2.10. The zero-order valence-electron chi connectivity index (χ0n) is 15.7. The third-order valence-electron chi connectivity index (χ3n) is 3.70. The van der Waals surface area contributed by atoms with Gasteiger partial charge in [0.05, 0.1) is 47.0 Å². The number of hydrogen-bond donors (Lipinski definition) is 2. The molecule has 0 radical (unpaired) electrons. The van der Waals surface area contributed by atoms with Crippen molar-refractivity contribution in [3.8, 4) is 0 Å². The zero-order valence-corrected chi connectivity index (χ0v) is 16.6. The van der Waals surface area contributed by atoms with Crippen LogP contribution < -0.4 is 0 Å². The standard InChI is InChI=1S/C17H39NO4P/c1-5-6-7-8-12-17(19)13-11-16-22-23(20)21-15-10-9-14-18(2,3)4/h17,19-20H,5-16H2,1-4H3/q+1. The molecule has 0 aliphatic carbocycles. The van der Waals surface area contributed by atoms with Crippen molar-refractivity contribution in [1.29, 1.82) is 0 Å². The zero-order chi connectivity index (χ0) is 17.6. The summed E-state index contributed by atoms with van der Waals surface area (Å²) in [6.07, 6.45) is 8.92. The van der Waals surface area contributed by atoms with E-state index in [1.165, 1.54) is 19.3 Å². The Morgan fingerprint density at radius 3 is 2.09 bits per heavy atom. The van der Waals surface area contributed by atoms with E-state index >= 15 is 0 Å². The van der Waals surface area contributed by atoms with Crippen LogP contribution in [0.4, 0.5) is 0 Å². The summed E-state index contributed by atoms with van der Waals surface area (Å²) in [5.74, 6) is 0. The van der Waals surface area contributed by atoms with E-state index in [-0.39, 0.29) is 6.10 Å². The fourth-order valence-corrected chi connectivity index (χ4v) is 2.93. The van der Waals surface area contributed by atoms with Crippen LogP contribution in [0.25, 0.3) is 0 Å². The molecule has 0 rings (SSSR count). The van der Waals surface area contributed by atoms with E-state index in [4.69, 9.17) is 9.05 Å². The highest BCUT2D eigenvalue weighted by atomic mass is 31.2. The SMILES string of the molecule is CCCCCCC(O)CCCOP(O)OCCCC[N+](C)(C)C. The maximum Gasteiger partial charge on any atom is 0.329 e. The first-order valence-corrected chi connectivity index (χ1v) is 10.2. The van der Waals surface area contributed by atoms with E-state index < -0.39 is 8.60 Å². The molecule has 0 fully saturated rings. The van der Waals surface area contributed by atoms with Crippen molar-refractivity contribution in [2.45, 2.75) is 70.8 Å². The minimum absolute atomic E-state index is 0.239. The highest BCUT2D eigenvalue weighted by Crippen LogP contribution is 2.33. The Morgan fingerprint density at radius 2 is 1.48 bits per heavy atom. The molecule has 140 valence electrons. The number of rotatable bonds is 16. The second kappa shape index (κ2) is 14.6. The Balaban J connectivity index is 3.37. The van der Waals surface area contributed by atoms with Crippen LogP contribution in [0, 0.1) is 0 Å². The maximum atomic E-state index is 9.83. The van der Waals surface area contributed by atoms with Crippen LogP contribution in [-0.4, -0.2) is 61.5 Å². The van der Waals surface area contributed by atoms with Gasteiger partial charge in [0.25, 0.3) is 0 Å². The molecule has 0 aromatic carbocycles. The number of unbranched alkanes of at least 4 members (excludes halogenated alkanes) is 4. The minimum Gasteiger partial charge on any atom is -0.393 e. The van der Waals surface area contributed by atoms with Crippen LogP contribution in [0.1, 0.15) is 64.7 Å². The lowest BCUT2D eigenvalue weighted by Crippen LogP contribution is -2.35. The molecule has 0 amide bonds. The molecule has 2 atom stereocenters. The third kappa shape index (κ3) is 18.4. The van der Waals surface area contributed by atoms with Gasteiger partial charge in [-0.25, -0.2) is 0 Å². The second-order valence-electron chi connectivity index (χ2n) is 7.27. The molecule has 2 N–H and O–H groups in total. The van der Waals surface area contributed by atoms with E-state index in [0.29, 0.717) is 13.2 Å². The highest BCUT2D eigenvalue weighted by molar-refractivity contribution is 7.40. The molecular weight excluding hydrogens is 313 g/mol.